The molecule has 1 fully saturated rings. The molecule has 1 atom stereocenters. The summed E-state index contributed by atoms with van der Waals surface area (Å²) in [5.74, 6) is -0.832. The third-order valence-corrected chi connectivity index (χ3v) is 2.44. The average Bonchev–Trinajstić information content (AvgIpc) is 2.60. The van der Waals surface area contributed by atoms with Crippen molar-refractivity contribution >= 4 is 11.8 Å². The summed E-state index contributed by atoms with van der Waals surface area (Å²) >= 11 is 0. The summed E-state index contributed by atoms with van der Waals surface area (Å²) in [5, 5.41) is 9.22. The van der Waals surface area contributed by atoms with Crippen molar-refractivity contribution < 1.29 is 14.7 Å². The van der Waals surface area contributed by atoms with Crippen molar-refractivity contribution in [2.75, 3.05) is 6.54 Å². The number of aliphatic hydroxyl groups is 1. The van der Waals surface area contributed by atoms with Gasteiger partial charge >= 0.3 is 0 Å². The van der Waals surface area contributed by atoms with Crippen LogP contribution >= 0.6 is 0 Å². The Kier molecular flexibility index (Phi) is 2.51. The molecule has 0 aliphatic carbocycles. The van der Waals surface area contributed by atoms with Crippen molar-refractivity contribution in [3.8, 4) is 0 Å². The minimum Gasteiger partial charge on any atom is -0.383 e. The summed E-state index contributed by atoms with van der Waals surface area (Å²) in [7, 11) is 0. The van der Waals surface area contributed by atoms with Crippen LogP contribution in [0.2, 0.25) is 0 Å². The van der Waals surface area contributed by atoms with Gasteiger partial charge in [0.05, 0.1) is 0 Å². The summed E-state index contributed by atoms with van der Waals surface area (Å²) in [4.78, 5) is 24.3. The van der Waals surface area contributed by atoms with Crippen LogP contribution in [-0.4, -0.2) is 34.5 Å². The van der Waals surface area contributed by atoms with Gasteiger partial charge in [0.25, 0.3) is 11.8 Å². The van der Waals surface area contributed by atoms with Crippen molar-refractivity contribution in [2.45, 2.75) is 12.5 Å². The van der Waals surface area contributed by atoms with Crippen molar-refractivity contribution in [2.24, 2.45) is 0 Å². The van der Waals surface area contributed by atoms with E-state index < -0.39 is 12.0 Å². The second-order valence-electron chi connectivity index (χ2n) is 3.47. The first kappa shape index (κ1) is 9.86. The zero-order chi connectivity index (χ0) is 10.8. The smallest absolute Gasteiger partial charge is 0.260 e. The monoisotopic (exact) mass is 205 g/mol. The Hall–Kier alpha value is -1.68. The molecule has 1 aliphatic rings. The van der Waals surface area contributed by atoms with Crippen molar-refractivity contribution in [3.63, 3.8) is 0 Å². The second kappa shape index (κ2) is 3.82. The van der Waals surface area contributed by atoms with Gasteiger partial charge in [-0.3, -0.25) is 14.5 Å². The maximum absolute atomic E-state index is 11.8. The highest BCUT2D eigenvalue weighted by Crippen LogP contribution is 2.14. The van der Waals surface area contributed by atoms with E-state index in [1.54, 1.807) is 30.3 Å². The van der Waals surface area contributed by atoms with Crippen LogP contribution in [0.5, 0.6) is 0 Å². The molecule has 1 aromatic rings. The van der Waals surface area contributed by atoms with Crippen LogP contribution in [0.3, 0.4) is 0 Å². The number of hydrogen-bond acceptors (Lipinski definition) is 3. The van der Waals surface area contributed by atoms with Crippen molar-refractivity contribution in [1.29, 1.82) is 0 Å². The van der Waals surface area contributed by atoms with Crippen LogP contribution in [0.25, 0.3) is 0 Å². The van der Waals surface area contributed by atoms with Gasteiger partial charge in [-0.25, -0.2) is 0 Å². The number of likely N-dealkylation sites (tertiary alicyclic amines) is 1. The van der Waals surface area contributed by atoms with Gasteiger partial charge in [0.2, 0.25) is 0 Å². The van der Waals surface area contributed by atoms with Gasteiger partial charge < -0.3 is 5.11 Å². The number of hydrogen-bond donors (Lipinski definition) is 1. The van der Waals surface area contributed by atoms with E-state index in [9.17, 15) is 14.7 Å². The van der Waals surface area contributed by atoms with Gasteiger partial charge in [-0.1, -0.05) is 18.2 Å². The van der Waals surface area contributed by atoms with Crippen LogP contribution < -0.4 is 0 Å². The summed E-state index contributed by atoms with van der Waals surface area (Å²) in [6.45, 7) is 0.299. The molecule has 1 aliphatic heterocycles. The van der Waals surface area contributed by atoms with E-state index in [-0.39, 0.29) is 5.91 Å². The molecular formula is C11H11NO3. The molecule has 4 nitrogen and oxygen atoms in total. The SMILES string of the molecule is O=C(c1ccccc1)N1CCC(O)C1=O. The number of amides is 2. The fraction of sp³-hybridized carbons (Fsp3) is 0.273. The van der Waals surface area contributed by atoms with Crippen LogP contribution in [0.15, 0.2) is 30.3 Å². The molecule has 2 amide bonds. The third-order valence-electron chi connectivity index (χ3n) is 2.44. The average molecular weight is 205 g/mol. The lowest BCUT2D eigenvalue weighted by molar-refractivity contribution is -0.132. The molecule has 78 valence electrons. The van der Waals surface area contributed by atoms with Gasteiger partial charge in [-0.15, -0.1) is 0 Å². The molecule has 0 saturated carbocycles. The second-order valence-corrected chi connectivity index (χ2v) is 3.47. The van der Waals surface area contributed by atoms with E-state index in [0.717, 1.165) is 4.90 Å². The highest BCUT2D eigenvalue weighted by Gasteiger charge is 2.34. The largest absolute Gasteiger partial charge is 0.383 e. The molecule has 1 unspecified atom stereocenters. The summed E-state index contributed by atoms with van der Waals surface area (Å²) in [5.41, 5.74) is 0.472. The van der Waals surface area contributed by atoms with Crippen molar-refractivity contribution in [1.82, 2.24) is 4.90 Å². The molecule has 0 bridgehead atoms. The number of carbonyl (C=O) groups excluding carboxylic acids is 2. The van der Waals surface area contributed by atoms with E-state index in [0.29, 0.717) is 18.5 Å². The highest BCUT2D eigenvalue weighted by molar-refractivity contribution is 6.06. The van der Waals surface area contributed by atoms with Gasteiger partial charge in [-0.2, -0.15) is 0 Å². The predicted octanol–water partition coefficient (Wildman–Crippen LogP) is 0.420. The highest BCUT2D eigenvalue weighted by atomic mass is 16.3. The molecule has 1 N–H and O–H groups in total. The third kappa shape index (κ3) is 1.76. The minimum atomic E-state index is -1.02. The van der Waals surface area contributed by atoms with E-state index >= 15 is 0 Å². The first-order valence-corrected chi connectivity index (χ1v) is 4.79. The minimum absolute atomic E-state index is 0.299. The van der Waals surface area contributed by atoms with E-state index in [1.807, 2.05) is 0 Å². The van der Waals surface area contributed by atoms with E-state index in [2.05, 4.69) is 0 Å². The van der Waals surface area contributed by atoms with Crippen LogP contribution in [-0.2, 0) is 4.79 Å². The lowest BCUT2D eigenvalue weighted by atomic mass is 10.2. The quantitative estimate of drug-likeness (QED) is 0.676. The Labute approximate surface area is 87.1 Å². The number of aliphatic hydroxyl groups excluding tert-OH is 1. The Morgan fingerprint density at radius 1 is 1.33 bits per heavy atom. The summed E-state index contributed by atoms with van der Waals surface area (Å²) in [6.07, 6.45) is -0.685. The van der Waals surface area contributed by atoms with Gasteiger partial charge in [0.1, 0.15) is 6.10 Å². The molecular weight excluding hydrogens is 194 g/mol. The number of rotatable bonds is 1. The van der Waals surface area contributed by atoms with Gasteiger partial charge in [0, 0.05) is 18.5 Å². The van der Waals surface area contributed by atoms with Gasteiger partial charge in [0.15, 0.2) is 0 Å². The Morgan fingerprint density at radius 3 is 2.53 bits per heavy atom. The predicted molar refractivity (Wildman–Crippen MR) is 53.1 cm³/mol. The van der Waals surface area contributed by atoms with E-state index in [4.69, 9.17) is 0 Å². The normalized spacial score (nSPS) is 20.7. The zero-order valence-electron chi connectivity index (χ0n) is 8.09. The van der Waals surface area contributed by atoms with Crippen molar-refractivity contribution in [3.05, 3.63) is 35.9 Å². The maximum Gasteiger partial charge on any atom is 0.260 e. The van der Waals surface area contributed by atoms with Gasteiger partial charge in [-0.05, 0) is 12.1 Å². The topological polar surface area (TPSA) is 57.6 Å². The standard InChI is InChI=1S/C11H11NO3/c13-9-6-7-12(11(9)15)10(14)8-4-2-1-3-5-8/h1-5,9,13H,6-7H2. The fourth-order valence-corrected chi connectivity index (χ4v) is 1.60. The zero-order valence-corrected chi connectivity index (χ0v) is 8.09. The van der Waals surface area contributed by atoms with Crippen LogP contribution in [0, 0.1) is 0 Å². The molecule has 0 aromatic heterocycles. The number of benzene rings is 1. The summed E-state index contributed by atoms with van der Waals surface area (Å²) < 4.78 is 0. The van der Waals surface area contributed by atoms with E-state index in [1.165, 1.54) is 0 Å². The Balaban J connectivity index is 2.20. The molecule has 1 heterocycles. The molecule has 4 heteroatoms. The molecule has 1 aromatic carbocycles. The summed E-state index contributed by atoms with van der Waals surface area (Å²) in [6, 6.07) is 8.59. The molecule has 1 saturated heterocycles. The maximum atomic E-state index is 11.8. The first-order chi connectivity index (χ1) is 7.20. The fourth-order valence-electron chi connectivity index (χ4n) is 1.60. The molecule has 0 spiro atoms. The number of nitrogens with zero attached hydrogens (tertiary/aromatic N) is 1. The molecule has 2 rings (SSSR count). The Morgan fingerprint density at radius 2 is 2.00 bits per heavy atom. The number of imide groups is 1. The lowest BCUT2D eigenvalue weighted by Gasteiger charge is -2.13. The lowest BCUT2D eigenvalue weighted by Crippen LogP contribution is -2.35. The van der Waals surface area contributed by atoms with Crippen LogP contribution in [0.4, 0.5) is 0 Å². The first-order valence-electron chi connectivity index (χ1n) is 4.79. The molecule has 0 radical (unpaired) electrons. The van der Waals surface area contributed by atoms with Crippen LogP contribution in [0.1, 0.15) is 16.8 Å². The molecule has 15 heavy (non-hydrogen) atoms. The Bertz CT molecular complexity index is 388. The number of carbonyl (C=O) groups is 2.